The van der Waals surface area contributed by atoms with Crippen LogP contribution in [0.2, 0.25) is 0 Å². The molecule has 1 aromatic rings. The molecule has 0 aliphatic carbocycles. The van der Waals surface area contributed by atoms with Crippen molar-refractivity contribution in [3.63, 3.8) is 0 Å². The highest BCUT2D eigenvalue weighted by Gasteiger charge is 2.21. The van der Waals surface area contributed by atoms with Crippen LogP contribution in [0.25, 0.3) is 0 Å². The van der Waals surface area contributed by atoms with E-state index in [0.717, 1.165) is 30.8 Å². The van der Waals surface area contributed by atoms with Crippen molar-refractivity contribution in [1.82, 2.24) is 15.1 Å². The van der Waals surface area contributed by atoms with Crippen molar-refractivity contribution in [3.8, 4) is 0 Å². The van der Waals surface area contributed by atoms with E-state index in [0.29, 0.717) is 13.2 Å². The lowest BCUT2D eigenvalue weighted by molar-refractivity contribution is -0.146. The maximum absolute atomic E-state index is 12.0. The minimum Gasteiger partial charge on any atom is -0.465 e. The van der Waals surface area contributed by atoms with Gasteiger partial charge >= 0.3 is 5.97 Å². The van der Waals surface area contributed by atoms with Gasteiger partial charge in [0.1, 0.15) is 6.04 Å². The number of carbonyl (C=O) groups is 1. The number of hydrogen-bond acceptors (Lipinski definition) is 4. The van der Waals surface area contributed by atoms with Gasteiger partial charge in [-0.2, -0.15) is 5.10 Å². The number of aromatic nitrogens is 2. The van der Waals surface area contributed by atoms with Crippen LogP contribution in [0, 0.1) is 13.8 Å². The van der Waals surface area contributed by atoms with Crippen LogP contribution in [-0.4, -0.2) is 34.9 Å². The fourth-order valence-corrected chi connectivity index (χ4v) is 2.38. The summed E-state index contributed by atoms with van der Waals surface area (Å²) in [6, 6.07) is -0.336. The molecule has 114 valence electrons. The molecule has 0 bridgehead atoms. The van der Waals surface area contributed by atoms with Gasteiger partial charge in [0.25, 0.3) is 0 Å². The third-order valence-corrected chi connectivity index (χ3v) is 3.45. The van der Waals surface area contributed by atoms with Crippen molar-refractivity contribution in [1.29, 1.82) is 0 Å². The van der Waals surface area contributed by atoms with E-state index < -0.39 is 0 Å². The van der Waals surface area contributed by atoms with Gasteiger partial charge in [-0.25, -0.2) is 0 Å². The number of esters is 1. The van der Waals surface area contributed by atoms with Crippen molar-refractivity contribution in [3.05, 3.63) is 17.0 Å². The molecule has 1 N–H and O–H groups in total. The van der Waals surface area contributed by atoms with Gasteiger partial charge in [0.2, 0.25) is 0 Å². The SMILES string of the molecule is CCCNC(Cn1nc(C)c(CC)c1C)C(=O)OCC. The van der Waals surface area contributed by atoms with Crippen LogP contribution in [-0.2, 0) is 22.5 Å². The van der Waals surface area contributed by atoms with Crippen molar-refractivity contribution in [2.75, 3.05) is 13.2 Å². The summed E-state index contributed by atoms with van der Waals surface area (Å²) < 4.78 is 7.05. The summed E-state index contributed by atoms with van der Waals surface area (Å²) in [5, 5.41) is 7.78. The molecule has 0 spiro atoms. The fourth-order valence-electron chi connectivity index (χ4n) is 2.38. The van der Waals surface area contributed by atoms with Crippen LogP contribution >= 0.6 is 0 Å². The van der Waals surface area contributed by atoms with E-state index in [9.17, 15) is 4.79 Å². The second-order valence-electron chi connectivity index (χ2n) is 4.94. The Morgan fingerprint density at radius 1 is 1.35 bits per heavy atom. The molecular formula is C15H27N3O2. The molecule has 0 aliphatic rings. The van der Waals surface area contributed by atoms with Gasteiger partial charge in [-0.3, -0.25) is 9.48 Å². The van der Waals surface area contributed by atoms with Crippen LogP contribution in [0.15, 0.2) is 0 Å². The molecule has 0 amide bonds. The molecule has 20 heavy (non-hydrogen) atoms. The summed E-state index contributed by atoms with van der Waals surface area (Å²) in [4.78, 5) is 12.0. The molecule has 5 nitrogen and oxygen atoms in total. The molecule has 0 aromatic carbocycles. The molecule has 0 fully saturated rings. The van der Waals surface area contributed by atoms with Gasteiger partial charge in [0.15, 0.2) is 0 Å². The first kappa shape index (κ1) is 16.7. The Morgan fingerprint density at radius 3 is 2.55 bits per heavy atom. The largest absolute Gasteiger partial charge is 0.465 e. The Kier molecular flexibility index (Phi) is 6.71. The van der Waals surface area contributed by atoms with E-state index in [-0.39, 0.29) is 12.0 Å². The van der Waals surface area contributed by atoms with Gasteiger partial charge in [-0.05, 0) is 45.7 Å². The zero-order valence-electron chi connectivity index (χ0n) is 13.3. The molecule has 1 rings (SSSR count). The molecule has 1 aromatic heterocycles. The zero-order valence-corrected chi connectivity index (χ0v) is 13.3. The zero-order chi connectivity index (χ0) is 15.1. The van der Waals surface area contributed by atoms with Crippen molar-refractivity contribution >= 4 is 5.97 Å². The molecule has 1 unspecified atom stereocenters. The van der Waals surface area contributed by atoms with Gasteiger partial charge in [-0.1, -0.05) is 13.8 Å². The smallest absolute Gasteiger partial charge is 0.325 e. The predicted octanol–water partition coefficient (Wildman–Crippen LogP) is 1.99. The molecule has 0 radical (unpaired) electrons. The predicted molar refractivity (Wildman–Crippen MR) is 79.8 cm³/mol. The Bertz CT molecular complexity index is 441. The normalized spacial score (nSPS) is 12.4. The Balaban J connectivity index is 2.86. The molecular weight excluding hydrogens is 254 g/mol. The molecule has 0 saturated carbocycles. The Morgan fingerprint density at radius 2 is 2.05 bits per heavy atom. The topological polar surface area (TPSA) is 56.2 Å². The lowest BCUT2D eigenvalue weighted by atomic mass is 10.1. The van der Waals surface area contributed by atoms with Gasteiger partial charge < -0.3 is 10.1 Å². The maximum atomic E-state index is 12.0. The number of nitrogens with one attached hydrogen (secondary N) is 1. The summed E-state index contributed by atoms with van der Waals surface area (Å²) in [5.74, 6) is -0.202. The summed E-state index contributed by atoms with van der Waals surface area (Å²) in [7, 11) is 0. The molecule has 0 aliphatic heterocycles. The van der Waals surface area contributed by atoms with E-state index in [1.165, 1.54) is 5.56 Å². The monoisotopic (exact) mass is 281 g/mol. The van der Waals surface area contributed by atoms with E-state index in [2.05, 4.69) is 31.2 Å². The Hall–Kier alpha value is -1.36. The summed E-state index contributed by atoms with van der Waals surface area (Å²) in [6.45, 7) is 11.8. The van der Waals surface area contributed by atoms with Crippen molar-refractivity contribution in [2.45, 2.75) is 60.0 Å². The fraction of sp³-hybridized carbons (Fsp3) is 0.733. The van der Waals surface area contributed by atoms with Crippen molar-refractivity contribution in [2.24, 2.45) is 0 Å². The summed E-state index contributed by atoms with van der Waals surface area (Å²) in [5.41, 5.74) is 3.45. The third kappa shape index (κ3) is 4.07. The highest BCUT2D eigenvalue weighted by Crippen LogP contribution is 2.14. The third-order valence-electron chi connectivity index (χ3n) is 3.45. The number of nitrogens with zero attached hydrogens (tertiary/aromatic N) is 2. The minimum absolute atomic E-state index is 0.202. The van der Waals surface area contributed by atoms with Crippen LogP contribution in [0.3, 0.4) is 0 Å². The van der Waals surface area contributed by atoms with Crippen LogP contribution in [0.5, 0.6) is 0 Å². The van der Waals surface area contributed by atoms with Crippen LogP contribution < -0.4 is 5.32 Å². The number of ether oxygens (including phenoxy) is 1. The number of aryl methyl sites for hydroxylation is 1. The number of hydrogen-bond donors (Lipinski definition) is 1. The van der Waals surface area contributed by atoms with Crippen LogP contribution in [0.4, 0.5) is 0 Å². The quantitative estimate of drug-likeness (QED) is 0.740. The lowest BCUT2D eigenvalue weighted by Crippen LogP contribution is -2.42. The van der Waals surface area contributed by atoms with E-state index in [4.69, 9.17) is 4.74 Å². The van der Waals surface area contributed by atoms with E-state index in [1.54, 1.807) is 0 Å². The van der Waals surface area contributed by atoms with Crippen LogP contribution in [0.1, 0.15) is 44.1 Å². The van der Waals surface area contributed by atoms with E-state index >= 15 is 0 Å². The average Bonchev–Trinajstić information content (AvgIpc) is 2.69. The first-order chi connectivity index (χ1) is 9.54. The first-order valence-electron chi connectivity index (χ1n) is 7.47. The molecule has 5 heteroatoms. The average molecular weight is 281 g/mol. The first-order valence-corrected chi connectivity index (χ1v) is 7.47. The number of carbonyl (C=O) groups excluding carboxylic acids is 1. The summed E-state index contributed by atoms with van der Waals surface area (Å²) in [6.07, 6.45) is 1.94. The highest BCUT2D eigenvalue weighted by molar-refractivity contribution is 5.75. The maximum Gasteiger partial charge on any atom is 0.325 e. The summed E-state index contributed by atoms with van der Waals surface area (Å²) >= 11 is 0. The molecule has 1 atom stereocenters. The van der Waals surface area contributed by atoms with Gasteiger partial charge in [0, 0.05) is 5.69 Å². The van der Waals surface area contributed by atoms with Crippen molar-refractivity contribution < 1.29 is 9.53 Å². The molecule has 1 heterocycles. The van der Waals surface area contributed by atoms with E-state index in [1.807, 2.05) is 18.5 Å². The molecule has 0 saturated heterocycles. The minimum atomic E-state index is -0.336. The second kappa shape index (κ2) is 8.04. The second-order valence-corrected chi connectivity index (χ2v) is 4.94. The van der Waals surface area contributed by atoms with Gasteiger partial charge in [-0.15, -0.1) is 0 Å². The Labute approximate surface area is 121 Å². The highest BCUT2D eigenvalue weighted by atomic mass is 16.5. The van der Waals surface area contributed by atoms with Gasteiger partial charge in [0.05, 0.1) is 18.8 Å². The number of rotatable bonds is 8. The standard InChI is InChI=1S/C15H27N3O2/c1-6-9-16-14(15(19)20-8-3)10-18-12(5)13(7-2)11(4)17-18/h14,16H,6-10H2,1-5H3. The lowest BCUT2D eigenvalue weighted by Gasteiger charge is -2.17.